The van der Waals surface area contributed by atoms with E-state index in [1.54, 1.807) is 13.3 Å². The van der Waals surface area contributed by atoms with Crippen molar-refractivity contribution in [2.24, 2.45) is 0 Å². The summed E-state index contributed by atoms with van der Waals surface area (Å²) >= 11 is 0. The van der Waals surface area contributed by atoms with E-state index in [0.717, 1.165) is 36.7 Å². The summed E-state index contributed by atoms with van der Waals surface area (Å²) in [5.41, 5.74) is 1.81. The van der Waals surface area contributed by atoms with Crippen LogP contribution in [0.1, 0.15) is 29.7 Å². The Morgan fingerprint density at radius 1 is 1.30 bits per heavy atom. The van der Waals surface area contributed by atoms with E-state index in [1.807, 2.05) is 13.0 Å². The Bertz CT molecular complexity index is 1060. The maximum Gasteiger partial charge on any atom is 0.266 e. The number of hydrogen-bond donors (Lipinski definition) is 1. The minimum absolute atomic E-state index is 0.00107. The topological polar surface area (TPSA) is 63.2 Å². The highest BCUT2D eigenvalue weighted by molar-refractivity contribution is 5.92. The van der Waals surface area contributed by atoms with Crippen molar-refractivity contribution >= 4 is 22.4 Å². The van der Waals surface area contributed by atoms with Crippen LogP contribution in [-0.4, -0.2) is 41.5 Å². The summed E-state index contributed by atoms with van der Waals surface area (Å²) in [5.74, 6) is -0.486. The molecule has 0 bridgehead atoms. The monoisotopic (exact) mass is 417 g/mol. The molecule has 2 aromatic heterocycles. The molecule has 0 amide bonds. The molecule has 158 valence electrons. The minimum atomic E-state index is -2.87. The van der Waals surface area contributed by atoms with Crippen LogP contribution in [-0.2, 0) is 11.3 Å². The fraction of sp³-hybridized carbons (Fsp3) is 0.381. The number of ether oxygens (including phenoxy) is 1. The summed E-state index contributed by atoms with van der Waals surface area (Å²) in [6, 6.07) is 5.94. The second-order valence-electron chi connectivity index (χ2n) is 7.29. The quantitative estimate of drug-likeness (QED) is 0.647. The van der Waals surface area contributed by atoms with Crippen LogP contribution in [0, 0.1) is 12.7 Å². The molecule has 1 aromatic carbocycles. The number of halogens is 3. The Morgan fingerprint density at radius 3 is 2.87 bits per heavy atom. The van der Waals surface area contributed by atoms with Gasteiger partial charge in [-0.2, -0.15) is 5.10 Å². The third-order valence-corrected chi connectivity index (χ3v) is 5.40. The fourth-order valence-corrected chi connectivity index (χ4v) is 3.69. The molecule has 0 radical (unpaired) electrons. The molecule has 1 aliphatic heterocycles. The van der Waals surface area contributed by atoms with Crippen molar-refractivity contribution in [3.63, 3.8) is 0 Å². The summed E-state index contributed by atoms with van der Waals surface area (Å²) in [6.45, 7) is 3.44. The summed E-state index contributed by atoms with van der Waals surface area (Å²) in [4.78, 5) is 6.73. The molecule has 1 unspecified atom stereocenters. The first-order valence-corrected chi connectivity index (χ1v) is 9.68. The predicted molar refractivity (Wildman–Crippen MR) is 108 cm³/mol. The van der Waals surface area contributed by atoms with E-state index >= 15 is 0 Å². The average molecular weight is 417 g/mol. The number of hydrogen-bond acceptors (Lipinski definition) is 6. The summed E-state index contributed by atoms with van der Waals surface area (Å²) in [6.07, 6.45) is 0.0474. The standard InChI is InChI=1S/C21H22F3N5O/c1-12-19-17(8-14(10-25-19)29-7-6-15(11-29)30-2)21(28-27-12)26-9-13-4-3-5-16(18(13)22)20(23)24/h3-5,8,10,15,20H,6-7,9,11H2,1-2H3,(H,26,28). The number of anilines is 2. The molecule has 1 atom stereocenters. The van der Waals surface area contributed by atoms with Crippen molar-refractivity contribution in [2.75, 3.05) is 30.4 Å². The van der Waals surface area contributed by atoms with Gasteiger partial charge in [0.05, 0.1) is 34.8 Å². The molecule has 0 saturated carbocycles. The first-order valence-electron chi connectivity index (χ1n) is 9.68. The highest BCUT2D eigenvalue weighted by atomic mass is 19.3. The smallest absolute Gasteiger partial charge is 0.266 e. The fourth-order valence-electron chi connectivity index (χ4n) is 3.69. The van der Waals surface area contributed by atoms with E-state index in [9.17, 15) is 13.2 Å². The Hall–Kier alpha value is -2.94. The van der Waals surface area contributed by atoms with E-state index in [0.29, 0.717) is 17.0 Å². The lowest BCUT2D eigenvalue weighted by Gasteiger charge is -2.19. The van der Waals surface area contributed by atoms with Gasteiger partial charge >= 0.3 is 0 Å². The van der Waals surface area contributed by atoms with Gasteiger partial charge in [0.25, 0.3) is 6.43 Å². The molecule has 30 heavy (non-hydrogen) atoms. The number of pyridine rings is 1. The van der Waals surface area contributed by atoms with Gasteiger partial charge in [-0.05, 0) is 19.4 Å². The Labute approximate surface area is 172 Å². The highest BCUT2D eigenvalue weighted by Gasteiger charge is 2.23. The van der Waals surface area contributed by atoms with E-state index in [2.05, 4.69) is 25.4 Å². The molecule has 4 rings (SSSR count). The van der Waals surface area contributed by atoms with Crippen LogP contribution in [0.4, 0.5) is 24.7 Å². The number of benzene rings is 1. The molecule has 3 aromatic rings. The number of aromatic nitrogens is 3. The lowest BCUT2D eigenvalue weighted by molar-refractivity contribution is 0.121. The van der Waals surface area contributed by atoms with Gasteiger partial charge < -0.3 is 15.0 Å². The molecule has 6 nitrogen and oxygen atoms in total. The zero-order chi connectivity index (χ0) is 21.3. The summed E-state index contributed by atoms with van der Waals surface area (Å²) in [7, 11) is 1.70. The van der Waals surface area contributed by atoms with Crippen LogP contribution in [0.3, 0.4) is 0 Å². The molecule has 3 heterocycles. The van der Waals surface area contributed by atoms with Gasteiger partial charge in [0.1, 0.15) is 5.82 Å². The largest absolute Gasteiger partial charge is 0.380 e. The SMILES string of the molecule is COC1CCN(c2cnc3c(C)nnc(NCc4cccc(C(F)F)c4F)c3c2)C1. The van der Waals surface area contributed by atoms with Gasteiger partial charge in [0, 0.05) is 37.7 Å². The molecule has 1 aliphatic rings. The van der Waals surface area contributed by atoms with Crippen molar-refractivity contribution in [3.8, 4) is 0 Å². The van der Waals surface area contributed by atoms with Crippen LogP contribution in [0.15, 0.2) is 30.5 Å². The molecule has 9 heteroatoms. The zero-order valence-corrected chi connectivity index (χ0v) is 16.7. The van der Waals surface area contributed by atoms with E-state index < -0.39 is 17.8 Å². The molecule has 0 aliphatic carbocycles. The van der Waals surface area contributed by atoms with E-state index in [4.69, 9.17) is 4.74 Å². The van der Waals surface area contributed by atoms with Gasteiger partial charge in [0.15, 0.2) is 5.82 Å². The van der Waals surface area contributed by atoms with E-state index in [-0.39, 0.29) is 18.2 Å². The van der Waals surface area contributed by atoms with Gasteiger partial charge in [0.2, 0.25) is 0 Å². The average Bonchev–Trinajstić information content (AvgIpc) is 3.23. The highest BCUT2D eigenvalue weighted by Crippen LogP contribution is 2.29. The third kappa shape index (κ3) is 3.89. The van der Waals surface area contributed by atoms with Crippen molar-refractivity contribution in [1.29, 1.82) is 0 Å². The van der Waals surface area contributed by atoms with Gasteiger partial charge in [-0.1, -0.05) is 18.2 Å². The lowest BCUT2D eigenvalue weighted by atomic mass is 10.1. The Balaban J connectivity index is 1.63. The van der Waals surface area contributed by atoms with Crippen molar-refractivity contribution in [2.45, 2.75) is 32.4 Å². The van der Waals surface area contributed by atoms with Crippen LogP contribution >= 0.6 is 0 Å². The van der Waals surface area contributed by atoms with Crippen LogP contribution < -0.4 is 10.2 Å². The number of aryl methyl sites for hydroxylation is 1. The first-order chi connectivity index (χ1) is 14.5. The number of nitrogens with zero attached hydrogens (tertiary/aromatic N) is 4. The maximum absolute atomic E-state index is 14.4. The van der Waals surface area contributed by atoms with Crippen molar-refractivity contribution in [3.05, 3.63) is 53.1 Å². The van der Waals surface area contributed by atoms with E-state index in [1.165, 1.54) is 12.1 Å². The molecule has 1 saturated heterocycles. The molecular weight excluding hydrogens is 395 g/mol. The van der Waals surface area contributed by atoms with Gasteiger partial charge in [-0.25, -0.2) is 13.2 Å². The lowest BCUT2D eigenvalue weighted by Crippen LogP contribution is -2.22. The van der Waals surface area contributed by atoms with Crippen LogP contribution in [0.25, 0.3) is 10.9 Å². The second kappa shape index (κ2) is 8.43. The minimum Gasteiger partial charge on any atom is -0.380 e. The Morgan fingerprint density at radius 2 is 2.13 bits per heavy atom. The first kappa shape index (κ1) is 20.3. The Kier molecular flexibility index (Phi) is 5.72. The number of nitrogens with one attached hydrogen (secondary N) is 1. The molecule has 1 N–H and O–H groups in total. The number of rotatable bonds is 6. The molecule has 1 fully saturated rings. The normalized spacial score (nSPS) is 16.6. The molecular formula is C21H22F3N5O. The van der Waals surface area contributed by atoms with Crippen molar-refractivity contribution in [1.82, 2.24) is 15.2 Å². The maximum atomic E-state index is 14.4. The summed E-state index contributed by atoms with van der Waals surface area (Å²) < 4.78 is 45.7. The van der Waals surface area contributed by atoms with Crippen molar-refractivity contribution < 1.29 is 17.9 Å². The number of fused-ring (bicyclic) bond motifs is 1. The summed E-state index contributed by atoms with van der Waals surface area (Å²) in [5, 5.41) is 12.1. The van der Waals surface area contributed by atoms with Gasteiger partial charge in [-0.3, -0.25) is 4.98 Å². The number of alkyl halides is 2. The predicted octanol–water partition coefficient (Wildman–Crippen LogP) is 4.25. The van der Waals surface area contributed by atoms with Gasteiger partial charge in [-0.15, -0.1) is 5.10 Å². The third-order valence-electron chi connectivity index (χ3n) is 5.40. The number of methoxy groups -OCH3 is 1. The van der Waals surface area contributed by atoms with Crippen LogP contribution in [0.5, 0.6) is 0 Å². The second-order valence-corrected chi connectivity index (χ2v) is 7.29. The van der Waals surface area contributed by atoms with Crippen LogP contribution in [0.2, 0.25) is 0 Å². The zero-order valence-electron chi connectivity index (χ0n) is 16.7. The molecule has 0 spiro atoms.